The molecule has 0 fully saturated rings. The number of hydrogen-bond acceptors (Lipinski definition) is 5. The molecule has 8 nitrogen and oxygen atoms in total. The topological polar surface area (TPSA) is 92.4 Å². The molecule has 0 atom stereocenters. The van der Waals surface area contributed by atoms with Gasteiger partial charge in [0.2, 0.25) is 5.95 Å². The summed E-state index contributed by atoms with van der Waals surface area (Å²) in [6.45, 7) is 3.52. The molecule has 0 unspecified atom stereocenters. The third-order valence-electron chi connectivity index (χ3n) is 3.16. The van der Waals surface area contributed by atoms with Crippen molar-refractivity contribution in [2.24, 2.45) is 7.05 Å². The van der Waals surface area contributed by atoms with Crippen molar-refractivity contribution in [2.45, 2.75) is 26.4 Å². The molecule has 0 saturated heterocycles. The summed E-state index contributed by atoms with van der Waals surface area (Å²) in [5, 5.41) is 12.1. The van der Waals surface area contributed by atoms with Crippen LogP contribution in [0.1, 0.15) is 12.1 Å². The number of anilines is 1. The van der Waals surface area contributed by atoms with Crippen LogP contribution in [0.5, 0.6) is 0 Å². The van der Waals surface area contributed by atoms with Crippen molar-refractivity contribution < 1.29 is 0 Å². The molecule has 0 amide bonds. The van der Waals surface area contributed by atoms with Crippen molar-refractivity contribution in [3.63, 3.8) is 0 Å². The Morgan fingerprint density at radius 3 is 2.89 bits per heavy atom. The van der Waals surface area contributed by atoms with Crippen LogP contribution in [-0.2, 0) is 20.1 Å². The molecule has 100 valence electrons. The summed E-state index contributed by atoms with van der Waals surface area (Å²) >= 11 is 0. The number of aromatic nitrogens is 7. The van der Waals surface area contributed by atoms with E-state index in [0.29, 0.717) is 5.95 Å². The lowest BCUT2D eigenvalue weighted by atomic mass is 10.4. The number of nitrogens with zero attached hydrogens (tertiary/aromatic N) is 7. The molecular formula is C11H16N8. The highest BCUT2D eigenvalue weighted by atomic mass is 15.4. The van der Waals surface area contributed by atoms with Crippen molar-refractivity contribution >= 4 is 17.1 Å². The molecule has 3 heterocycles. The fraction of sp³-hybridized carbons (Fsp3) is 0.455. The average molecular weight is 260 g/mol. The molecule has 0 radical (unpaired) electrons. The first-order valence-electron chi connectivity index (χ1n) is 6.16. The van der Waals surface area contributed by atoms with Crippen LogP contribution in [0.25, 0.3) is 11.2 Å². The van der Waals surface area contributed by atoms with Crippen LogP contribution in [0.3, 0.4) is 0 Å². The number of nitrogens with two attached hydrogens (primary N) is 1. The van der Waals surface area contributed by atoms with E-state index in [4.69, 9.17) is 5.73 Å². The largest absolute Gasteiger partial charge is 0.369 e. The second-order valence-electron chi connectivity index (χ2n) is 4.52. The summed E-state index contributed by atoms with van der Waals surface area (Å²) < 4.78 is 5.62. The first-order valence-corrected chi connectivity index (χ1v) is 6.16. The standard InChI is InChI=1S/C11H16N8/c1-8-9-10(17(2)15-8)19(11(12)14-9)6-3-5-18-7-4-13-16-18/h4,7H,3,5-6H2,1-2H3,(H2,12,14). The van der Waals surface area contributed by atoms with Gasteiger partial charge in [0.1, 0.15) is 5.52 Å². The van der Waals surface area contributed by atoms with Crippen LogP contribution in [-0.4, -0.2) is 34.3 Å². The molecule has 0 aromatic carbocycles. The summed E-state index contributed by atoms with van der Waals surface area (Å²) in [7, 11) is 1.91. The molecule has 0 saturated carbocycles. The fourth-order valence-electron chi connectivity index (χ4n) is 2.31. The van der Waals surface area contributed by atoms with E-state index >= 15 is 0 Å². The smallest absolute Gasteiger partial charge is 0.202 e. The minimum atomic E-state index is 0.532. The Bertz CT molecular complexity index is 690. The van der Waals surface area contributed by atoms with Crippen molar-refractivity contribution in [1.29, 1.82) is 0 Å². The lowest BCUT2D eigenvalue weighted by molar-refractivity contribution is 0.518. The van der Waals surface area contributed by atoms with E-state index in [2.05, 4.69) is 20.4 Å². The maximum absolute atomic E-state index is 5.97. The number of fused-ring (bicyclic) bond motifs is 1. The van der Waals surface area contributed by atoms with Gasteiger partial charge in [0, 0.05) is 26.3 Å². The third kappa shape index (κ3) is 1.94. The number of aryl methyl sites for hydroxylation is 4. The van der Waals surface area contributed by atoms with Gasteiger partial charge >= 0.3 is 0 Å². The molecule has 3 aromatic heterocycles. The van der Waals surface area contributed by atoms with E-state index in [-0.39, 0.29) is 0 Å². The van der Waals surface area contributed by atoms with Gasteiger partial charge in [-0.1, -0.05) is 5.21 Å². The molecule has 0 bridgehead atoms. The van der Waals surface area contributed by atoms with Crippen LogP contribution in [0.2, 0.25) is 0 Å². The van der Waals surface area contributed by atoms with E-state index in [1.165, 1.54) is 0 Å². The summed E-state index contributed by atoms with van der Waals surface area (Å²) in [6, 6.07) is 0. The van der Waals surface area contributed by atoms with Gasteiger partial charge in [0.25, 0.3) is 0 Å². The quantitative estimate of drug-likeness (QED) is 0.730. The molecule has 3 aromatic rings. The van der Waals surface area contributed by atoms with Crippen LogP contribution >= 0.6 is 0 Å². The molecule has 2 N–H and O–H groups in total. The zero-order valence-electron chi connectivity index (χ0n) is 11.0. The Hall–Kier alpha value is -2.38. The number of nitrogen functional groups attached to an aromatic ring is 1. The molecule has 0 aliphatic heterocycles. The highest BCUT2D eigenvalue weighted by molar-refractivity contribution is 5.77. The van der Waals surface area contributed by atoms with E-state index in [0.717, 1.165) is 36.4 Å². The number of hydrogen-bond donors (Lipinski definition) is 1. The van der Waals surface area contributed by atoms with E-state index in [1.807, 2.05) is 29.4 Å². The zero-order chi connectivity index (χ0) is 13.4. The lowest BCUT2D eigenvalue weighted by Gasteiger charge is -2.06. The minimum Gasteiger partial charge on any atom is -0.369 e. The van der Waals surface area contributed by atoms with Gasteiger partial charge in [-0.15, -0.1) is 5.10 Å². The molecule has 19 heavy (non-hydrogen) atoms. The Morgan fingerprint density at radius 2 is 2.16 bits per heavy atom. The molecule has 0 aliphatic carbocycles. The first-order chi connectivity index (χ1) is 9.16. The van der Waals surface area contributed by atoms with Gasteiger partial charge < -0.3 is 5.73 Å². The summed E-state index contributed by atoms with van der Waals surface area (Å²) in [5.74, 6) is 0.532. The minimum absolute atomic E-state index is 0.532. The van der Waals surface area contributed by atoms with Gasteiger partial charge in [0.05, 0.1) is 11.9 Å². The third-order valence-corrected chi connectivity index (χ3v) is 3.16. The number of rotatable bonds is 4. The van der Waals surface area contributed by atoms with Crippen molar-refractivity contribution in [3.05, 3.63) is 18.1 Å². The fourth-order valence-corrected chi connectivity index (χ4v) is 2.31. The predicted molar refractivity (Wildman–Crippen MR) is 70.3 cm³/mol. The molecule has 3 rings (SSSR count). The second kappa shape index (κ2) is 4.38. The molecule has 0 spiro atoms. The Balaban J connectivity index is 1.82. The maximum atomic E-state index is 5.97. The Kier molecular flexibility index (Phi) is 2.69. The highest BCUT2D eigenvalue weighted by Gasteiger charge is 2.15. The number of imidazole rings is 1. The van der Waals surface area contributed by atoms with Gasteiger partial charge in [-0.25, -0.2) is 4.98 Å². The summed E-state index contributed by atoms with van der Waals surface area (Å²) in [5.41, 5.74) is 8.72. The summed E-state index contributed by atoms with van der Waals surface area (Å²) in [4.78, 5) is 4.37. The van der Waals surface area contributed by atoms with Crippen LogP contribution in [0.15, 0.2) is 12.4 Å². The van der Waals surface area contributed by atoms with Gasteiger partial charge in [-0.3, -0.25) is 13.9 Å². The predicted octanol–water partition coefficient (Wildman–Crippen LogP) is 0.342. The van der Waals surface area contributed by atoms with Crippen LogP contribution in [0, 0.1) is 6.92 Å². The van der Waals surface area contributed by atoms with Crippen molar-refractivity contribution in [1.82, 2.24) is 34.3 Å². The maximum Gasteiger partial charge on any atom is 0.202 e. The lowest BCUT2D eigenvalue weighted by Crippen LogP contribution is -2.09. The summed E-state index contributed by atoms with van der Waals surface area (Å²) in [6.07, 6.45) is 4.43. The van der Waals surface area contributed by atoms with Crippen molar-refractivity contribution in [3.8, 4) is 0 Å². The molecule has 0 aliphatic rings. The van der Waals surface area contributed by atoms with Crippen molar-refractivity contribution in [2.75, 3.05) is 5.73 Å². The monoisotopic (exact) mass is 260 g/mol. The second-order valence-corrected chi connectivity index (χ2v) is 4.52. The normalized spacial score (nSPS) is 11.5. The van der Waals surface area contributed by atoms with Gasteiger partial charge in [0.15, 0.2) is 5.65 Å². The average Bonchev–Trinajstić information content (AvgIpc) is 3.03. The molecule has 8 heteroatoms. The van der Waals surface area contributed by atoms with Gasteiger partial charge in [-0.05, 0) is 13.3 Å². The Morgan fingerprint density at radius 1 is 1.32 bits per heavy atom. The van der Waals surface area contributed by atoms with E-state index in [9.17, 15) is 0 Å². The molecular weight excluding hydrogens is 244 g/mol. The highest BCUT2D eigenvalue weighted by Crippen LogP contribution is 2.20. The van der Waals surface area contributed by atoms with Crippen LogP contribution < -0.4 is 5.73 Å². The Labute approximate surface area is 109 Å². The van der Waals surface area contributed by atoms with E-state index < -0.39 is 0 Å². The van der Waals surface area contributed by atoms with Gasteiger partial charge in [-0.2, -0.15) is 5.10 Å². The first kappa shape index (κ1) is 11.7. The SMILES string of the molecule is Cc1nn(C)c2c1nc(N)n2CCCn1ccnn1. The van der Waals surface area contributed by atoms with Crippen LogP contribution in [0.4, 0.5) is 5.95 Å². The van der Waals surface area contributed by atoms with E-state index in [1.54, 1.807) is 10.9 Å². The zero-order valence-corrected chi connectivity index (χ0v) is 11.0.